The smallest absolute Gasteiger partial charge is 0.178 e. The van der Waals surface area contributed by atoms with Crippen LogP contribution in [0.25, 0.3) is 0 Å². The molecule has 1 aromatic carbocycles. The van der Waals surface area contributed by atoms with Crippen LogP contribution in [0.3, 0.4) is 0 Å². The second-order valence-electron chi connectivity index (χ2n) is 2.49. The number of aromatic nitrogens is 2. The Labute approximate surface area is 94.3 Å². The van der Waals surface area contributed by atoms with Gasteiger partial charge in [-0.05, 0) is 18.2 Å². The van der Waals surface area contributed by atoms with E-state index in [1.165, 1.54) is 23.1 Å². The fourth-order valence-electron chi connectivity index (χ4n) is 0.914. The van der Waals surface area contributed by atoms with E-state index >= 15 is 0 Å². The molecule has 0 spiro atoms. The lowest BCUT2D eigenvalue weighted by Gasteiger charge is -2.02. The molecule has 6 heteroatoms. The largest absolute Gasteiger partial charge is 0.398 e. The summed E-state index contributed by atoms with van der Waals surface area (Å²) in [5.74, 6) is 0. The van der Waals surface area contributed by atoms with Crippen molar-refractivity contribution in [2.24, 2.45) is 0 Å². The molecule has 0 unspecified atom stereocenters. The first kappa shape index (κ1) is 9.76. The molecule has 0 aliphatic heterocycles. The highest BCUT2D eigenvalue weighted by Crippen LogP contribution is 2.33. The van der Waals surface area contributed by atoms with E-state index in [2.05, 4.69) is 10.2 Å². The Kier molecular flexibility index (Phi) is 2.90. The maximum atomic E-state index is 5.79. The molecule has 2 N–H and O–H groups in total. The third-order valence-electron chi connectivity index (χ3n) is 1.51. The van der Waals surface area contributed by atoms with Crippen LogP contribution < -0.4 is 5.73 Å². The van der Waals surface area contributed by atoms with Crippen LogP contribution in [-0.2, 0) is 0 Å². The van der Waals surface area contributed by atoms with Crippen molar-refractivity contribution < 1.29 is 0 Å². The van der Waals surface area contributed by atoms with Gasteiger partial charge in [-0.3, -0.25) is 0 Å². The van der Waals surface area contributed by atoms with Crippen molar-refractivity contribution in [1.82, 2.24) is 10.2 Å². The Balaban J connectivity index is 2.25. The standard InChI is InChI=1S/C8H6ClN3S2/c9-5-1-2-7(6(10)3-5)14-8-12-11-4-13-8/h1-4H,10H2. The van der Waals surface area contributed by atoms with Crippen molar-refractivity contribution in [2.75, 3.05) is 5.73 Å². The molecule has 3 nitrogen and oxygen atoms in total. The van der Waals surface area contributed by atoms with Crippen LogP contribution in [0.5, 0.6) is 0 Å². The van der Waals surface area contributed by atoms with E-state index in [1.807, 2.05) is 6.07 Å². The van der Waals surface area contributed by atoms with E-state index in [9.17, 15) is 0 Å². The number of hydrogen-bond acceptors (Lipinski definition) is 5. The van der Waals surface area contributed by atoms with Gasteiger partial charge in [-0.2, -0.15) is 0 Å². The minimum Gasteiger partial charge on any atom is -0.398 e. The molecule has 0 aliphatic carbocycles. The Bertz CT molecular complexity index is 430. The molecular formula is C8H6ClN3S2. The first-order valence-electron chi connectivity index (χ1n) is 3.75. The molecule has 0 fully saturated rings. The molecule has 2 aromatic rings. The van der Waals surface area contributed by atoms with Crippen LogP contribution in [0.15, 0.2) is 32.9 Å². The average molecular weight is 244 g/mol. The molecule has 14 heavy (non-hydrogen) atoms. The Morgan fingerprint density at radius 2 is 2.29 bits per heavy atom. The third kappa shape index (κ3) is 2.17. The number of benzene rings is 1. The number of nitrogen functional groups attached to an aromatic ring is 1. The van der Waals surface area contributed by atoms with Gasteiger partial charge < -0.3 is 5.73 Å². The molecule has 0 atom stereocenters. The predicted octanol–water partition coefficient (Wildman–Crippen LogP) is 2.92. The Morgan fingerprint density at radius 1 is 1.43 bits per heavy atom. The van der Waals surface area contributed by atoms with Crippen LogP contribution in [-0.4, -0.2) is 10.2 Å². The quantitative estimate of drug-likeness (QED) is 0.824. The van der Waals surface area contributed by atoms with Crippen molar-refractivity contribution in [2.45, 2.75) is 9.24 Å². The highest BCUT2D eigenvalue weighted by Gasteiger charge is 2.04. The summed E-state index contributed by atoms with van der Waals surface area (Å²) in [6, 6.07) is 5.41. The number of halogens is 1. The maximum absolute atomic E-state index is 5.79. The molecule has 0 radical (unpaired) electrons. The van der Waals surface area contributed by atoms with Gasteiger partial charge in [-0.1, -0.05) is 34.7 Å². The highest BCUT2D eigenvalue weighted by atomic mass is 35.5. The highest BCUT2D eigenvalue weighted by molar-refractivity contribution is 8.01. The fourth-order valence-corrected chi connectivity index (χ4v) is 2.55. The van der Waals surface area contributed by atoms with Crippen molar-refractivity contribution in [3.63, 3.8) is 0 Å². The number of nitrogens with two attached hydrogens (primary N) is 1. The monoisotopic (exact) mass is 243 g/mol. The van der Waals surface area contributed by atoms with E-state index < -0.39 is 0 Å². The van der Waals surface area contributed by atoms with Gasteiger partial charge in [0.25, 0.3) is 0 Å². The van der Waals surface area contributed by atoms with Gasteiger partial charge in [0.15, 0.2) is 4.34 Å². The van der Waals surface area contributed by atoms with Gasteiger partial charge in [0.2, 0.25) is 0 Å². The summed E-state index contributed by atoms with van der Waals surface area (Å²) in [7, 11) is 0. The van der Waals surface area contributed by atoms with E-state index in [4.69, 9.17) is 17.3 Å². The summed E-state index contributed by atoms with van der Waals surface area (Å²) in [4.78, 5) is 0.950. The molecule has 2 rings (SSSR count). The zero-order valence-corrected chi connectivity index (χ0v) is 9.36. The molecule has 0 amide bonds. The van der Waals surface area contributed by atoms with Crippen molar-refractivity contribution in [3.8, 4) is 0 Å². The first-order chi connectivity index (χ1) is 6.75. The SMILES string of the molecule is Nc1cc(Cl)ccc1Sc1nncs1. The molecule has 1 heterocycles. The Hall–Kier alpha value is -0.780. The molecule has 1 aromatic heterocycles. The zero-order valence-electron chi connectivity index (χ0n) is 6.98. The summed E-state index contributed by atoms with van der Waals surface area (Å²) in [5, 5.41) is 8.31. The van der Waals surface area contributed by atoms with Gasteiger partial charge in [0.05, 0.1) is 0 Å². The van der Waals surface area contributed by atoms with Gasteiger partial charge in [0.1, 0.15) is 5.51 Å². The van der Waals surface area contributed by atoms with Crippen LogP contribution in [0.4, 0.5) is 5.69 Å². The van der Waals surface area contributed by atoms with Crippen molar-refractivity contribution in [3.05, 3.63) is 28.7 Å². The molecule has 0 saturated carbocycles. The summed E-state index contributed by atoms with van der Waals surface area (Å²) in [5.41, 5.74) is 8.14. The summed E-state index contributed by atoms with van der Waals surface area (Å²) in [6.07, 6.45) is 0. The average Bonchev–Trinajstić information content (AvgIpc) is 2.62. The lowest BCUT2D eigenvalue weighted by atomic mass is 10.3. The normalized spacial score (nSPS) is 10.4. The summed E-state index contributed by atoms with van der Waals surface area (Å²) >= 11 is 8.76. The number of rotatable bonds is 2. The second kappa shape index (κ2) is 4.16. The van der Waals surface area contributed by atoms with E-state index in [-0.39, 0.29) is 0 Å². The molecule has 0 saturated heterocycles. The Morgan fingerprint density at radius 3 is 2.93 bits per heavy atom. The molecule has 0 aliphatic rings. The molecule has 0 bridgehead atoms. The van der Waals surface area contributed by atoms with Crippen molar-refractivity contribution in [1.29, 1.82) is 0 Å². The number of anilines is 1. The minimum absolute atomic E-state index is 0.643. The molecule has 72 valence electrons. The second-order valence-corrected chi connectivity index (χ2v) is 5.05. The predicted molar refractivity (Wildman–Crippen MR) is 59.9 cm³/mol. The van der Waals surface area contributed by atoms with E-state index in [0.29, 0.717) is 10.7 Å². The van der Waals surface area contributed by atoms with Crippen LogP contribution in [0.2, 0.25) is 5.02 Å². The summed E-state index contributed by atoms with van der Waals surface area (Å²) in [6.45, 7) is 0. The number of hydrogen-bond donors (Lipinski definition) is 1. The van der Waals surface area contributed by atoms with E-state index in [0.717, 1.165) is 9.24 Å². The van der Waals surface area contributed by atoms with Crippen LogP contribution in [0.1, 0.15) is 0 Å². The molecular weight excluding hydrogens is 238 g/mol. The van der Waals surface area contributed by atoms with Gasteiger partial charge in [0, 0.05) is 15.6 Å². The summed E-state index contributed by atoms with van der Waals surface area (Å²) < 4.78 is 0.874. The van der Waals surface area contributed by atoms with E-state index in [1.54, 1.807) is 17.6 Å². The van der Waals surface area contributed by atoms with Gasteiger partial charge in [-0.15, -0.1) is 10.2 Å². The lowest BCUT2D eigenvalue weighted by molar-refractivity contribution is 1.01. The number of nitrogens with zero attached hydrogens (tertiary/aromatic N) is 2. The van der Waals surface area contributed by atoms with Crippen molar-refractivity contribution >= 4 is 40.4 Å². The minimum atomic E-state index is 0.643. The topological polar surface area (TPSA) is 51.8 Å². The van der Waals surface area contributed by atoms with Gasteiger partial charge >= 0.3 is 0 Å². The first-order valence-corrected chi connectivity index (χ1v) is 5.82. The lowest BCUT2D eigenvalue weighted by Crippen LogP contribution is -1.87. The van der Waals surface area contributed by atoms with Crippen LogP contribution in [0, 0.1) is 0 Å². The fraction of sp³-hybridized carbons (Fsp3) is 0. The van der Waals surface area contributed by atoms with Crippen LogP contribution >= 0.6 is 34.7 Å². The maximum Gasteiger partial charge on any atom is 0.178 e. The van der Waals surface area contributed by atoms with Gasteiger partial charge in [-0.25, -0.2) is 0 Å². The zero-order chi connectivity index (χ0) is 9.97. The third-order valence-corrected chi connectivity index (χ3v) is 3.61.